The molecule has 16 heavy (non-hydrogen) atoms. The van der Waals surface area contributed by atoms with Gasteiger partial charge in [-0.05, 0) is 38.6 Å². The van der Waals surface area contributed by atoms with Crippen molar-refractivity contribution in [3.63, 3.8) is 0 Å². The molecule has 2 saturated heterocycles. The van der Waals surface area contributed by atoms with Gasteiger partial charge in [0, 0.05) is 19.7 Å². The van der Waals surface area contributed by atoms with E-state index < -0.39 is 0 Å². The molecule has 4 nitrogen and oxygen atoms in total. The van der Waals surface area contributed by atoms with Gasteiger partial charge in [0.1, 0.15) is 0 Å². The van der Waals surface area contributed by atoms with E-state index >= 15 is 0 Å². The summed E-state index contributed by atoms with van der Waals surface area (Å²) in [7, 11) is 0. The molecule has 2 rings (SSSR count). The molecule has 1 N–H and O–H groups in total. The van der Waals surface area contributed by atoms with E-state index in [-0.39, 0.29) is 12.4 Å². The Hall–Kier alpha value is -0.160. The van der Waals surface area contributed by atoms with Gasteiger partial charge < -0.3 is 14.6 Å². The van der Waals surface area contributed by atoms with Crippen LogP contribution < -0.4 is 0 Å². The van der Waals surface area contributed by atoms with E-state index in [1.165, 1.54) is 6.42 Å². The van der Waals surface area contributed by atoms with Gasteiger partial charge in [-0.15, -0.1) is 0 Å². The second-order valence-corrected chi connectivity index (χ2v) is 4.76. The lowest BCUT2D eigenvalue weighted by molar-refractivity contribution is -0.165. The van der Waals surface area contributed by atoms with Crippen LogP contribution >= 0.6 is 0 Å². The van der Waals surface area contributed by atoms with Crippen LogP contribution in [0.15, 0.2) is 0 Å². The van der Waals surface area contributed by atoms with Crippen molar-refractivity contribution in [1.29, 1.82) is 0 Å². The molecule has 2 heterocycles. The van der Waals surface area contributed by atoms with Gasteiger partial charge in [0.15, 0.2) is 6.29 Å². The molecule has 0 spiro atoms. The van der Waals surface area contributed by atoms with Gasteiger partial charge in [0.25, 0.3) is 0 Å². The second kappa shape index (κ2) is 6.55. The Morgan fingerprint density at radius 1 is 1.25 bits per heavy atom. The summed E-state index contributed by atoms with van der Waals surface area (Å²) in [5.74, 6) is 0. The second-order valence-electron chi connectivity index (χ2n) is 4.76. The number of hydrogen-bond donors (Lipinski definition) is 1. The Morgan fingerprint density at radius 3 is 2.94 bits per heavy atom. The molecule has 0 saturated carbocycles. The summed E-state index contributed by atoms with van der Waals surface area (Å²) >= 11 is 0. The number of nitrogens with zero attached hydrogens (tertiary/aromatic N) is 1. The molecule has 2 aliphatic heterocycles. The molecule has 1 unspecified atom stereocenters. The van der Waals surface area contributed by atoms with Gasteiger partial charge in [-0.25, -0.2) is 0 Å². The number of hydrogen-bond acceptors (Lipinski definition) is 4. The molecular weight excluding hydrogens is 206 g/mol. The van der Waals surface area contributed by atoms with E-state index in [0.717, 1.165) is 58.5 Å². The average molecular weight is 229 g/mol. The van der Waals surface area contributed by atoms with Gasteiger partial charge in [-0.2, -0.15) is 0 Å². The number of aliphatic hydroxyl groups excluding tert-OH is 1. The van der Waals surface area contributed by atoms with Gasteiger partial charge in [-0.3, -0.25) is 4.90 Å². The van der Waals surface area contributed by atoms with E-state index in [2.05, 4.69) is 4.90 Å². The largest absolute Gasteiger partial charge is 0.392 e. The molecular formula is C12H23NO3. The third-order valence-electron chi connectivity index (χ3n) is 3.33. The van der Waals surface area contributed by atoms with Crippen molar-refractivity contribution in [3.8, 4) is 0 Å². The maximum atomic E-state index is 9.52. The first-order chi connectivity index (χ1) is 7.84. The zero-order chi connectivity index (χ0) is 11.2. The van der Waals surface area contributed by atoms with Crippen molar-refractivity contribution >= 4 is 0 Å². The fraction of sp³-hybridized carbons (Fsp3) is 1.00. The summed E-state index contributed by atoms with van der Waals surface area (Å²) < 4.78 is 11.2. The van der Waals surface area contributed by atoms with Crippen LogP contribution in [-0.4, -0.2) is 55.2 Å². The molecule has 0 radical (unpaired) electrons. The van der Waals surface area contributed by atoms with Crippen molar-refractivity contribution in [2.75, 3.05) is 32.8 Å². The quantitative estimate of drug-likeness (QED) is 0.780. The van der Waals surface area contributed by atoms with Crippen molar-refractivity contribution in [2.24, 2.45) is 0 Å². The molecule has 2 atom stereocenters. The molecule has 2 aliphatic rings. The van der Waals surface area contributed by atoms with E-state index in [1.54, 1.807) is 0 Å². The van der Waals surface area contributed by atoms with Crippen LogP contribution in [0.1, 0.15) is 32.1 Å². The van der Waals surface area contributed by atoms with Gasteiger partial charge in [0.2, 0.25) is 0 Å². The van der Waals surface area contributed by atoms with Crippen LogP contribution in [-0.2, 0) is 9.47 Å². The van der Waals surface area contributed by atoms with Crippen molar-refractivity contribution in [1.82, 2.24) is 4.90 Å². The van der Waals surface area contributed by atoms with Crippen molar-refractivity contribution in [2.45, 2.75) is 44.5 Å². The predicted octanol–water partition coefficient (Wildman–Crippen LogP) is 0.986. The number of ether oxygens (including phenoxy) is 2. The summed E-state index contributed by atoms with van der Waals surface area (Å²) in [5, 5.41) is 9.52. The zero-order valence-electron chi connectivity index (χ0n) is 9.94. The summed E-state index contributed by atoms with van der Waals surface area (Å²) in [6.07, 6.45) is 5.33. The molecule has 0 aliphatic carbocycles. The first-order valence-electron chi connectivity index (χ1n) is 6.48. The summed E-state index contributed by atoms with van der Waals surface area (Å²) in [6, 6.07) is 0. The zero-order valence-corrected chi connectivity index (χ0v) is 9.94. The molecule has 94 valence electrons. The molecule has 4 heteroatoms. The van der Waals surface area contributed by atoms with Gasteiger partial charge in [0.05, 0.1) is 12.7 Å². The molecule has 0 aromatic carbocycles. The van der Waals surface area contributed by atoms with Crippen LogP contribution in [0.3, 0.4) is 0 Å². The molecule has 0 aromatic rings. The lowest BCUT2D eigenvalue weighted by Crippen LogP contribution is -2.40. The van der Waals surface area contributed by atoms with Crippen molar-refractivity contribution in [3.05, 3.63) is 0 Å². The topological polar surface area (TPSA) is 41.9 Å². The fourth-order valence-corrected chi connectivity index (χ4v) is 2.39. The predicted molar refractivity (Wildman–Crippen MR) is 61.2 cm³/mol. The molecule has 0 aromatic heterocycles. The third kappa shape index (κ3) is 4.01. The first-order valence-corrected chi connectivity index (χ1v) is 6.48. The number of rotatable bonds is 4. The Morgan fingerprint density at radius 2 is 2.19 bits per heavy atom. The van der Waals surface area contributed by atoms with Crippen LogP contribution in [0.25, 0.3) is 0 Å². The van der Waals surface area contributed by atoms with Crippen LogP contribution in [0.4, 0.5) is 0 Å². The highest BCUT2D eigenvalue weighted by Crippen LogP contribution is 2.14. The lowest BCUT2D eigenvalue weighted by atomic mass is 10.1. The van der Waals surface area contributed by atoms with E-state index in [0.29, 0.717) is 0 Å². The van der Waals surface area contributed by atoms with Crippen LogP contribution in [0, 0.1) is 0 Å². The average Bonchev–Trinajstić information content (AvgIpc) is 2.30. The minimum absolute atomic E-state index is 0.0171. The van der Waals surface area contributed by atoms with E-state index in [4.69, 9.17) is 9.47 Å². The Kier molecular flexibility index (Phi) is 5.03. The van der Waals surface area contributed by atoms with Gasteiger partial charge >= 0.3 is 0 Å². The summed E-state index contributed by atoms with van der Waals surface area (Å²) in [4.78, 5) is 2.27. The highest BCUT2D eigenvalue weighted by atomic mass is 16.7. The van der Waals surface area contributed by atoms with E-state index in [9.17, 15) is 5.11 Å². The Bertz CT molecular complexity index is 195. The minimum atomic E-state index is -0.139. The first kappa shape index (κ1) is 12.3. The normalized spacial score (nSPS) is 32.8. The number of likely N-dealkylation sites (tertiary alicyclic amines) is 1. The van der Waals surface area contributed by atoms with E-state index in [1.807, 2.05) is 0 Å². The Labute approximate surface area is 97.5 Å². The highest BCUT2D eigenvalue weighted by Gasteiger charge is 2.18. The fourth-order valence-electron chi connectivity index (χ4n) is 2.39. The Balaban J connectivity index is 1.56. The number of piperidine rings is 1. The van der Waals surface area contributed by atoms with Crippen LogP contribution in [0.2, 0.25) is 0 Å². The van der Waals surface area contributed by atoms with Crippen LogP contribution in [0.5, 0.6) is 0 Å². The SMILES string of the molecule is O[C@H]1CCCN(CCOC2CCCCO2)C1. The molecule has 2 fully saturated rings. The monoisotopic (exact) mass is 229 g/mol. The molecule has 0 bridgehead atoms. The maximum absolute atomic E-state index is 9.52. The standard InChI is InChI=1S/C12H23NO3/c14-11-4-3-6-13(10-11)7-9-16-12-5-1-2-8-15-12/h11-12,14H,1-10H2/t11-,12?/m0/s1. The summed E-state index contributed by atoms with van der Waals surface area (Å²) in [6.45, 7) is 4.36. The minimum Gasteiger partial charge on any atom is -0.392 e. The summed E-state index contributed by atoms with van der Waals surface area (Å²) in [5.41, 5.74) is 0. The lowest BCUT2D eigenvalue weighted by Gasteiger charge is -2.30. The van der Waals surface area contributed by atoms with Gasteiger partial charge in [-0.1, -0.05) is 0 Å². The smallest absolute Gasteiger partial charge is 0.157 e. The number of aliphatic hydroxyl groups is 1. The number of β-amino-alcohol motifs (C(OH)–C–C–N with tert-alkyl or cyclic N) is 1. The molecule has 0 amide bonds. The van der Waals surface area contributed by atoms with Crippen molar-refractivity contribution < 1.29 is 14.6 Å². The highest BCUT2D eigenvalue weighted by molar-refractivity contribution is 4.71. The third-order valence-corrected chi connectivity index (χ3v) is 3.33. The maximum Gasteiger partial charge on any atom is 0.157 e.